The van der Waals surface area contributed by atoms with Gasteiger partial charge in [-0.05, 0) is 31.6 Å². The fraction of sp³-hybridized carbons (Fsp3) is 0.545. The second-order valence-electron chi connectivity index (χ2n) is 3.65. The van der Waals surface area contributed by atoms with Crippen molar-refractivity contribution in [1.29, 1.82) is 0 Å². The van der Waals surface area contributed by atoms with Crippen molar-refractivity contribution in [2.24, 2.45) is 0 Å². The highest BCUT2D eigenvalue weighted by Crippen LogP contribution is 2.12. The lowest BCUT2D eigenvalue weighted by atomic mass is 10.3. The van der Waals surface area contributed by atoms with Gasteiger partial charge in [-0.2, -0.15) is 0 Å². The van der Waals surface area contributed by atoms with Crippen LogP contribution in [-0.4, -0.2) is 40.4 Å². The van der Waals surface area contributed by atoms with Gasteiger partial charge in [-0.1, -0.05) is 13.8 Å². The van der Waals surface area contributed by atoms with Crippen LogP contribution >= 0.6 is 11.6 Å². The summed E-state index contributed by atoms with van der Waals surface area (Å²) in [5.41, 5.74) is 1.27. The zero-order valence-corrected chi connectivity index (χ0v) is 11.1. The van der Waals surface area contributed by atoms with Crippen LogP contribution in [0.1, 0.15) is 19.5 Å². The molecule has 1 amide bonds. The molecular formula is C11H17ClN4O. The Morgan fingerprint density at radius 2 is 2.12 bits per heavy atom. The second-order valence-corrected chi connectivity index (χ2v) is 3.99. The van der Waals surface area contributed by atoms with Crippen molar-refractivity contribution in [3.8, 4) is 0 Å². The molecule has 0 atom stereocenters. The van der Waals surface area contributed by atoms with Gasteiger partial charge in [0.15, 0.2) is 0 Å². The van der Waals surface area contributed by atoms with Crippen molar-refractivity contribution in [3.05, 3.63) is 17.2 Å². The third-order valence-electron chi connectivity index (χ3n) is 2.49. The number of likely N-dealkylation sites (N-methyl/N-ethyl adjacent to an activating group) is 1. The van der Waals surface area contributed by atoms with Gasteiger partial charge >= 0.3 is 0 Å². The van der Waals surface area contributed by atoms with E-state index in [1.54, 1.807) is 6.92 Å². The topological polar surface area (TPSA) is 58.1 Å². The van der Waals surface area contributed by atoms with Crippen LogP contribution < -0.4 is 5.32 Å². The Balaban J connectivity index is 2.62. The Hall–Kier alpha value is -1.20. The third-order valence-corrected chi connectivity index (χ3v) is 2.67. The molecule has 1 rings (SSSR count). The minimum Gasteiger partial charge on any atom is -0.322 e. The molecule has 0 aliphatic heterocycles. The predicted molar refractivity (Wildman–Crippen MR) is 68.2 cm³/mol. The van der Waals surface area contributed by atoms with E-state index < -0.39 is 0 Å². The van der Waals surface area contributed by atoms with Crippen molar-refractivity contribution in [3.63, 3.8) is 0 Å². The van der Waals surface area contributed by atoms with Crippen molar-refractivity contribution >= 4 is 23.2 Å². The number of hydrogen-bond donors (Lipinski definition) is 1. The first-order valence-corrected chi connectivity index (χ1v) is 5.96. The van der Waals surface area contributed by atoms with Gasteiger partial charge in [0, 0.05) is 0 Å². The molecule has 1 N–H and O–H groups in total. The largest absolute Gasteiger partial charge is 0.322 e. The summed E-state index contributed by atoms with van der Waals surface area (Å²) in [7, 11) is 0. The van der Waals surface area contributed by atoms with E-state index in [2.05, 4.69) is 15.3 Å². The Morgan fingerprint density at radius 3 is 2.65 bits per heavy atom. The minimum atomic E-state index is -0.0669. The van der Waals surface area contributed by atoms with Crippen LogP contribution in [0.5, 0.6) is 0 Å². The molecule has 0 saturated carbocycles. The van der Waals surface area contributed by atoms with Gasteiger partial charge < -0.3 is 5.32 Å². The summed E-state index contributed by atoms with van der Waals surface area (Å²) in [6, 6.07) is 0. The number of aryl methyl sites for hydroxylation is 1. The summed E-state index contributed by atoms with van der Waals surface area (Å²) in [5, 5.41) is 2.96. The Kier molecular flexibility index (Phi) is 5.31. The number of carbonyl (C=O) groups is 1. The summed E-state index contributed by atoms with van der Waals surface area (Å²) in [6.07, 6.45) is 1.52. The lowest BCUT2D eigenvalue weighted by molar-refractivity contribution is -0.117. The van der Waals surface area contributed by atoms with E-state index in [1.807, 2.05) is 18.7 Å². The van der Waals surface area contributed by atoms with E-state index in [9.17, 15) is 4.79 Å². The van der Waals surface area contributed by atoms with E-state index in [4.69, 9.17) is 11.6 Å². The number of aromatic nitrogens is 2. The van der Waals surface area contributed by atoms with E-state index in [1.165, 1.54) is 6.20 Å². The number of anilines is 1. The van der Waals surface area contributed by atoms with Crippen LogP contribution in [0.4, 0.5) is 5.69 Å². The lowest BCUT2D eigenvalue weighted by Crippen LogP contribution is -2.33. The number of carbonyl (C=O) groups excluding carboxylic acids is 1. The zero-order valence-electron chi connectivity index (χ0n) is 10.3. The Morgan fingerprint density at radius 1 is 1.47 bits per heavy atom. The molecule has 0 aromatic carbocycles. The molecule has 0 bridgehead atoms. The number of amides is 1. The highest BCUT2D eigenvalue weighted by atomic mass is 35.5. The smallest absolute Gasteiger partial charge is 0.238 e. The van der Waals surface area contributed by atoms with Gasteiger partial charge in [0.05, 0.1) is 24.1 Å². The highest BCUT2D eigenvalue weighted by molar-refractivity contribution is 6.28. The molecule has 0 fully saturated rings. The first-order valence-electron chi connectivity index (χ1n) is 5.58. The van der Waals surface area contributed by atoms with Gasteiger partial charge in [0.1, 0.15) is 0 Å². The first kappa shape index (κ1) is 13.9. The molecule has 0 aliphatic carbocycles. The van der Waals surface area contributed by atoms with Crippen LogP contribution in [0.3, 0.4) is 0 Å². The van der Waals surface area contributed by atoms with E-state index in [-0.39, 0.29) is 11.2 Å². The molecule has 94 valence electrons. The molecule has 0 spiro atoms. The van der Waals surface area contributed by atoms with Crippen molar-refractivity contribution < 1.29 is 4.79 Å². The summed E-state index contributed by atoms with van der Waals surface area (Å²) >= 11 is 5.64. The second kappa shape index (κ2) is 6.51. The molecule has 0 aliphatic rings. The number of rotatable bonds is 5. The van der Waals surface area contributed by atoms with Gasteiger partial charge in [-0.15, -0.1) is 0 Å². The van der Waals surface area contributed by atoms with Gasteiger partial charge in [0.2, 0.25) is 11.2 Å². The maximum atomic E-state index is 11.7. The average molecular weight is 257 g/mol. The highest BCUT2D eigenvalue weighted by Gasteiger charge is 2.09. The summed E-state index contributed by atoms with van der Waals surface area (Å²) in [6.45, 7) is 7.89. The van der Waals surface area contributed by atoms with Crippen molar-refractivity contribution in [2.75, 3.05) is 25.0 Å². The maximum absolute atomic E-state index is 11.7. The fourth-order valence-corrected chi connectivity index (χ4v) is 1.58. The van der Waals surface area contributed by atoms with Crippen molar-refractivity contribution in [2.45, 2.75) is 20.8 Å². The molecule has 6 heteroatoms. The number of nitrogens with one attached hydrogen (secondary N) is 1. The van der Waals surface area contributed by atoms with E-state index in [0.717, 1.165) is 13.1 Å². The van der Waals surface area contributed by atoms with Crippen LogP contribution in [0.2, 0.25) is 5.28 Å². The van der Waals surface area contributed by atoms with Gasteiger partial charge in [0.25, 0.3) is 0 Å². The molecular weight excluding hydrogens is 240 g/mol. The predicted octanol–water partition coefficient (Wildman–Crippen LogP) is 1.72. The van der Waals surface area contributed by atoms with Gasteiger partial charge in [-0.25, -0.2) is 9.97 Å². The van der Waals surface area contributed by atoms with E-state index in [0.29, 0.717) is 17.9 Å². The summed E-state index contributed by atoms with van der Waals surface area (Å²) in [4.78, 5) is 21.6. The molecule has 1 aromatic rings. The minimum absolute atomic E-state index is 0.0669. The Bertz CT molecular complexity index is 393. The molecule has 5 nitrogen and oxygen atoms in total. The monoisotopic (exact) mass is 256 g/mol. The van der Waals surface area contributed by atoms with Crippen LogP contribution in [0, 0.1) is 6.92 Å². The lowest BCUT2D eigenvalue weighted by Gasteiger charge is -2.17. The summed E-state index contributed by atoms with van der Waals surface area (Å²) < 4.78 is 0. The third kappa shape index (κ3) is 4.28. The molecule has 17 heavy (non-hydrogen) atoms. The normalized spacial score (nSPS) is 10.6. The van der Waals surface area contributed by atoms with Crippen molar-refractivity contribution in [1.82, 2.24) is 14.9 Å². The van der Waals surface area contributed by atoms with Crippen LogP contribution in [0.15, 0.2) is 6.20 Å². The Labute approximate surface area is 106 Å². The molecule has 1 aromatic heterocycles. The fourth-order valence-electron chi connectivity index (χ4n) is 1.40. The molecule has 0 saturated heterocycles. The average Bonchev–Trinajstić information content (AvgIpc) is 2.29. The molecule has 1 heterocycles. The van der Waals surface area contributed by atoms with Gasteiger partial charge in [-0.3, -0.25) is 9.69 Å². The molecule has 0 unspecified atom stereocenters. The standard InChI is InChI=1S/C11H17ClN4O/c1-4-16(5-2)7-10(17)15-9-6-13-11(12)14-8(9)3/h6H,4-5,7H2,1-3H3,(H,15,17). The summed E-state index contributed by atoms with van der Waals surface area (Å²) in [5.74, 6) is -0.0669. The van der Waals surface area contributed by atoms with E-state index >= 15 is 0 Å². The molecule has 0 radical (unpaired) electrons. The maximum Gasteiger partial charge on any atom is 0.238 e. The number of hydrogen-bond acceptors (Lipinski definition) is 4. The van der Waals surface area contributed by atoms with Crippen LogP contribution in [-0.2, 0) is 4.79 Å². The first-order chi connectivity index (χ1) is 8.06. The SMILES string of the molecule is CCN(CC)CC(=O)Nc1cnc(Cl)nc1C. The number of nitrogens with zero attached hydrogens (tertiary/aromatic N) is 3. The number of halogens is 1. The quantitative estimate of drug-likeness (QED) is 0.815. The zero-order chi connectivity index (χ0) is 12.8. The van der Waals surface area contributed by atoms with Crippen LogP contribution in [0.25, 0.3) is 0 Å².